The van der Waals surface area contributed by atoms with Crippen LogP contribution in [0.1, 0.15) is 6.42 Å². The van der Waals surface area contributed by atoms with E-state index in [0.29, 0.717) is 12.2 Å². The third-order valence-electron chi connectivity index (χ3n) is 0.906. The van der Waals surface area contributed by atoms with E-state index in [1.54, 1.807) is 0 Å². The Labute approximate surface area is 57.2 Å². The molecule has 0 aromatic rings. The highest BCUT2D eigenvalue weighted by atomic mass is 32.2. The molecule has 1 aliphatic rings. The van der Waals surface area contributed by atoms with Crippen molar-refractivity contribution in [2.24, 2.45) is 0 Å². The molecule has 3 nitrogen and oxygen atoms in total. The molecule has 0 unspecified atom stereocenters. The second-order valence-electron chi connectivity index (χ2n) is 1.62. The van der Waals surface area contributed by atoms with Crippen molar-refractivity contribution < 1.29 is 9.59 Å². The van der Waals surface area contributed by atoms with Crippen molar-refractivity contribution in [1.29, 1.82) is 0 Å². The van der Waals surface area contributed by atoms with E-state index in [0.717, 1.165) is 11.8 Å². The summed E-state index contributed by atoms with van der Waals surface area (Å²) in [5.41, 5.74) is 0. The molecule has 4 heteroatoms. The lowest BCUT2D eigenvalue weighted by Gasteiger charge is -1.91. The van der Waals surface area contributed by atoms with Crippen LogP contribution in [-0.4, -0.2) is 16.9 Å². The van der Waals surface area contributed by atoms with Gasteiger partial charge in [0.2, 0.25) is 5.91 Å². The molecule has 1 N–H and O–H groups in total. The van der Waals surface area contributed by atoms with Crippen LogP contribution in [-0.2, 0) is 4.79 Å². The van der Waals surface area contributed by atoms with E-state index in [1.165, 1.54) is 6.42 Å². The maximum atomic E-state index is 10.5. The van der Waals surface area contributed by atoms with Gasteiger partial charge in [-0.1, -0.05) is 11.8 Å². The summed E-state index contributed by atoms with van der Waals surface area (Å²) >= 11 is 1.14. The lowest BCUT2D eigenvalue weighted by molar-refractivity contribution is -0.116. The van der Waals surface area contributed by atoms with Gasteiger partial charge in [0.05, 0.1) is 6.42 Å². The zero-order chi connectivity index (χ0) is 6.69. The number of amides is 2. The number of hydrogen-bond acceptors (Lipinski definition) is 3. The van der Waals surface area contributed by atoms with Crippen LogP contribution in [0.4, 0.5) is 4.79 Å². The molecular weight excluding hydrogens is 138 g/mol. The molecular formula is C5H6NO2S. The van der Waals surface area contributed by atoms with E-state index < -0.39 is 0 Å². The Kier molecular flexibility index (Phi) is 2.10. The summed E-state index contributed by atoms with van der Waals surface area (Å²) in [5, 5.41) is 1.93. The summed E-state index contributed by atoms with van der Waals surface area (Å²) in [5.74, 6) is 0.433. The van der Waals surface area contributed by atoms with Crippen LogP contribution in [0.25, 0.3) is 0 Å². The zero-order valence-corrected chi connectivity index (χ0v) is 5.53. The molecule has 1 saturated heterocycles. The molecule has 1 aliphatic heterocycles. The van der Waals surface area contributed by atoms with Crippen molar-refractivity contribution in [2.75, 3.05) is 5.75 Å². The third-order valence-corrected chi connectivity index (χ3v) is 1.71. The van der Waals surface area contributed by atoms with Crippen molar-refractivity contribution in [3.05, 3.63) is 6.42 Å². The fourth-order valence-electron chi connectivity index (χ4n) is 0.529. The Morgan fingerprint density at radius 2 is 2.33 bits per heavy atom. The average molecular weight is 144 g/mol. The maximum absolute atomic E-state index is 10.5. The van der Waals surface area contributed by atoms with Crippen molar-refractivity contribution in [3.8, 4) is 0 Å². The number of rotatable bonds is 0. The van der Waals surface area contributed by atoms with Crippen molar-refractivity contribution in [3.63, 3.8) is 0 Å². The quantitative estimate of drug-likeness (QED) is 0.540. The highest BCUT2D eigenvalue weighted by Gasteiger charge is 2.12. The van der Waals surface area contributed by atoms with E-state index in [9.17, 15) is 9.59 Å². The molecule has 9 heavy (non-hydrogen) atoms. The number of hydrogen-bond donors (Lipinski definition) is 1. The third kappa shape index (κ3) is 2.05. The topological polar surface area (TPSA) is 46.2 Å². The maximum Gasteiger partial charge on any atom is 0.285 e. The molecule has 0 atom stereocenters. The first-order valence-electron chi connectivity index (χ1n) is 2.60. The molecule has 0 aromatic heterocycles. The monoisotopic (exact) mass is 144 g/mol. The first kappa shape index (κ1) is 6.61. The van der Waals surface area contributed by atoms with Gasteiger partial charge in [0, 0.05) is 5.75 Å². The lowest BCUT2D eigenvalue weighted by atomic mass is 10.3. The SMILES string of the molecule is O=C1[CH]CCSC(=O)N1. The van der Waals surface area contributed by atoms with E-state index in [4.69, 9.17) is 0 Å². The highest BCUT2D eigenvalue weighted by Crippen LogP contribution is 2.08. The van der Waals surface area contributed by atoms with E-state index in [-0.39, 0.29) is 11.1 Å². The molecule has 49 valence electrons. The van der Waals surface area contributed by atoms with Crippen LogP contribution >= 0.6 is 11.8 Å². The Bertz CT molecular complexity index is 130. The standard InChI is InChI=1S/C5H6NO2S/c7-4-2-1-3-9-5(8)6-4/h2H,1,3H2,(H,6,7,8). The summed E-state index contributed by atoms with van der Waals surface area (Å²) in [6.45, 7) is 0. The van der Waals surface area contributed by atoms with Crippen LogP contribution in [0.2, 0.25) is 0 Å². The normalized spacial score (nSPS) is 20.9. The summed E-state index contributed by atoms with van der Waals surface area (Å²) < 4.78 is 0. The van der Waals surface area contributed by atoms with Gasteiger partial charge in [0.1, 0.15) is 0 Å². The Hall–Kier alpha value is -0.510. The molecule has 0 aliphatic carbocycles. The molecule has 0 aromatic carbocycles. The molecule has 0 saturated carbocycles. The van der Waals surface area contributed by atoms with Gasteiger partial charge >= 0.3 is 0 Å². The predicted molar refractivity (Wildman–Crippen MR) is 34.9 cm³/mol. The van der Waals surface area contributed by atoms with E-state index in [1.807, 2.05) is 0 Å². The fourth-order valence-corrected chi connectivity index (χ4v) is 1.12. The Morgan fingerprint density at radius 3 is 3.11 bits per heavy atom. The summed E-state index contributed by atoms with van der Waals surface area (Å²) in [7, 11) is 0. The second-order valence-corrected chi connectivity index (χ2v) is 2.69. The molecule has 1 radical (unpaired) electrons. The fraction of sp³-hybridized carbons (Fsp3) is 0.400. The van der Waals surface area contributed by atoms with Crippen LogP contribution < -0.4 is 5.32 Å². The van der Waals surface area contributed by atoms with E-state index in [2.05, 4.69) is 5.32 Å². The van der Waals surface area contributed by atoms with Crippen molar-refractivity contribution >= 4 is 22.9 Å². The summed E-state index contributed by atoms with van der Waals surface area (Å²) in [6, 6.07) is 0. The molecule has 1 heterocycles. The van der Waals surface area contributed by atoms with Gasteiger partial charge in [-0.2, -0.15) is 0 Å². The minimum Gasteiger partial charge on any atom is -0.287 e. The minimum atomic E-state index is -0.273. The van der Waals surface area contributed by atoms with Crippen molar-refractivity contribution in [2.45, 2.75) is 6.42 Å². The smallest absolute Gasteiger partial charge is 0.285 e. The number of carbonyl (C=O) groups is 2. The first-order chi connectivity index (χ1) is 4.29. The lowest BCUT2D eigenvalue weighted by Crippen LogP contribution is -2.24. The van der Waals surface area contributed by atoms with Crippen LogP contribution in [0.3, 0.4) is 0 Å². The number of imide groups is 1. The Morgan fingerprint density at radius 1 is 1.56 bits per heavy atom. The van der Waals surface area contributed by atoms with Gasteiger partial charge < -0.3 is 0 Å². The van der Waals surface area contributed by atoms with Gasteiger partial charge in [-0.15, -0.1) is 0 Å². The highest BCUT2D eigenvalue weighted by molar-refractivity contribution is 8.13. The predicted octanol–water partition coefficient (Wildman–Crippen LogP) is 0.564. The van der Waals surface area contributed by atoms with E-state index >= 15 is 0 Å². The zero-order valence-electron chi connectivity index (χ0n) is 4.72. The van der Waals surface area contributed by atoms with Gasteiger partial charge in [0.25, 0.3) is 5.24 Å². The van der Waals surface area contributed by atoms with Crippen LogP contribution in [0.5, 0.6) is 0 Å². The minimum absolute atomic E-state index is 0.242. The first-order valence-corrected chi connectivity index (χ1v) is 3.58. The van der Waals surface area contributed by atoms with Gasteiger partial charge in [0.15, 0.2) is 0 Å². The summed E-state index contributed by atoms with van der Waals surface area (Å²) in [6.07, 6.45) is 2.17. The number of carbonyl (C=O) groups excluding carboxylic acids is 2. The molecule has 2 amide bonds. The molecule has 1 rings (SSSR count). The second kappa shape index (κ2) is 2.87. The number of thioether (sulfide) groups is 1. The molecule has 0 spiro atoms. The molecule has 1 fully saturated rings. The molecule has 0 bridgehead atoms. The van der Waals surface area contributed by atoms with Gasteiger partial charge in [-0.3, -0.25) is 14.9 Å². The summed E-state index contributed by atoms with van der Waals surface area (Å²) in [4.78, 5) is 21.0. The van der Waals surface area contributed by atoms with Crippen molar-refractivity contribution in [1.82, 2.24) is 5.32 Å². The van der Waals surface area contributed by atoms with Gasteiger partial charge in [-0.25, -0.2) is 0 Å². The van der Waals surface area contributed by atoms with Gasteiger partial charge in [-0.05, 0) is 6.42 Å². The van der Waals surface area contributed by atoms with Crippen LogP contribution in [0, 0.1) is 6.42 Å². The average Bonchev–Trinajstić information content (AvgIpc) is 1.93. The Balaban J connectivity index is 2.47. The number of nitrogens with one attached hydrogen (secondary N) is 1. The van der Waals surface area contributed by atoms with Crippen LogP contribution in [0.15, 0.2) is 0 Å². The largest absolute Gasteiger partial charge is 0.287 e.